The van der Waals surface area contributed by atoms with E-state index in [1.165, 1.54) is 17.2 Å². The van der Waals surface area contributed by atoms with Crippen molar-refractivity contribution in [2.45, 2.75) is 46.3 Å². The zero-order chi connectivity index (χ0) is 21.3. The van der Waals surface area contributed by atoms with Gasteiger partial charge in [0, 0.05) is 26.2 Å². The lowest BCUT2D eigenvalue weighted by Gasteiger charge is -2.32. The Morgan fingerprint density at radius 3 is 2.63 bits per heavy atom. The summed E-state index contributed by atoms with van der Waals surface area (Å²) in [5.74, 6) is -0.0963. The van der Waals surface area contributed by atoms with Gasteiger partial charge in [-0.05, 0) is 61.3 Å². The minimum atomic E-state index is -0.206. The molecule has 2 aromatic rings. The Kier molecular flexibility index (Phi) is 8.40. The predicted octanol–water partition coefficient (Wildman–Crippen LogP) is 4.20. The van der Waals surface area contributed by atoms with Gasteiger partial charge in [-0.1, -0.05) is 50.2 Å². The summed E-state index contributed by atoms with van der Waals surface area (Å²) in [6.45, 7) is 10.2. The number of halogens is 1. The Hall–Kier alpha value is -2.24. The average molecular weight is 412 g/mol. The van der Waals surface area contributed by atoms with Gasteiger partial charge in [-0.25, -0.2) is 4.39 Å². The lowest BCUT2D eigenvalue weighted by atomic mass is 9.96. The van der Waals surface area contributed by atoms with Gasteiger partial charge in [-0.2, -0.15) is 0 Å². The van der Waals surface area contributed by atoms with Crippen LogP contribution >= 0.6 is 0 Å². The van der Waals surface area contributed by atoms with Gasteiger partial charge in [0.25, 0.3) is 0 Å². The number of piperidine rings is 1. The van der Waals surface area contributed by atoms with Crippen molar-refractivity contribution in [1.82, 2.24) is 15.1 Å². The normalized spacial score (nSPS) is 17.3. The second-order valence-corrected chi connectivity index (χ2v) is 8.15. The molecule has 1 unspecified atom stereocenters. The molecule has 0 spiro atoms. The van der Waals surface area contributed by atoms with Crippen LogP contribution in [0.1, 0.15) is 43.4 Å². The number of benzene rings is 2. The van der Waals surface area contributed by atoms with Crippen LogP contribution in [0.4, 0.5) is 4.39 Å². The summed E-state index contributed by atoms with van der Waals surface area (Å²) >= 11 is 0. The molecule has 1 aliphatic rings. The van der Waals surface area contributed by atoms with Gasteiger partial charge in [0.05, 0.1) is 5.92 Å². The lowest BCUT2D eigenvalue weighted by molar-refractivity contribution is -0.126. The smallest absolute Gasteiger partial charge is 0.224 e. The van der Waals surface area contributed by atoms with Crippen molar-refractivity contribution >= 4 is 5.91 Å². The van der Waals surface area contributed by atoms with E-state index in [2.05, 4.69) is 47.2 Å². The molecule has 0 bridgehead atoms. The lowest BCUT2D eigenvalue weighted by Crippen LogP contribution is -2.42. The molecule has 1 heterocycles. The summed E-state index contributed by atoms with van der Waals surface area (Å²) in [5, 5.41) is 3.17. The van der Waals surface area contributed by atoms with Crippen molar-refractivity contribution in [3.63, 3.8) is 0 Å². The standard InChI is InChI=1S/C25H34FN3O/c1-3-28(4-2)18-22-11-6-5-10-21(22)16-27-25(30)23-12-8-14-29(19-23)17-20-9-7-13-24(26)15-20/h5-7,9-11,13,15,23H,3-4,8,12,14,16-19H2,1-2H3,(H,27,30). The van der Waals surface area contributed by atoms with E-state index in [9.17, 15) is 9.18 Å². The molecular weight excluding hydrogens is 377 g/mol. The number of likely N-dealkylation sites (tertiary alicyclic amines) is 1. The molecule has 0 aromatic heterocycles. The molecule has 1 fully saturated rings. The molecule has 1 aliphatic heterocycles. The summed E-state index contributed by atoms with van der Waals surface area (Å²) in [6.07, 6.45) is 1.90. The highest BCUT2D eigenvalue weighted by Crippen LogP contribution is 2.20. The van der Waals surface area contributed by atoms with Crippen molar-refractivity contribution in [3.05, 3.63) is 71.0 Å². The minimum Gasteiger partial charge on any atom is -0.352 e. The largest absolute Gasteiger partial charge is 0.352 e. The van der Waals surface area contributed by atoms with Crippen molar-refractivity contribution < 1.29 is 9.18 Å². The number of nitrogens with one attached hydrogen (secondary N) is 1. The van der Waals surface area contributed by atoms with Gasteiger partial charge in [0.1, 0.15) is 5.82 Å². The van der Waals surface area contributed by atoms with Gasteiger partial charge >= 0.3 is 0 Å². The topological polar surface area (TPSA) is 35.6 Å². The summed E-state index contributed by atoms with van der Waals surface area (Å²) in [7, 11) is 0. The van der Waals surface area contributed by atoms with Crippen molar-refractivity contribution in [3.8, 4) is 0 Å². The Labute approximate surface area is 180 Å². The number of carbonyl (C=O) groups is 1. The van der Waals surface area contributed by atoms with E-state index in [1.54, 1.807) is 12.1 Å². The Bertz CT molecular complexity index is 822. The monoisotopic (exact) mass is 411 g/mol. The quantitative estimate of drug-likeness (QED) is 0.672. The number of hydrogen-bond acceptors (Lipinski definition) is 3. The molecule has 1 N–H and O–H groups in total. The maximum Gasteiger partial charge on any atom is 0.224 e. The number of carbonyl (C=O) groups excluding carboxylic acids is 1. The molecule has 0 radical (unpaired) electrons. The molecule has 1 amide bonds. The second kappa shape index (κ2) is 11.2. The summed E-state index contributed by atoms with van der Waals surface area (Å²) < 4.78 is 13.5. The Morgan fingerprint density at radius 2 is 1.90 bits per heavy atom. The molecule has 1 saturated heterocycles. The van der Waals surface area contributed by atoms with Crippen LogP contribution in [0.3, 0.4) is 0 Å². The van der Waals surface area contributed by atoms with Crippen LogP contribution in [0.25, 0.3) is 0 Å². The number of hydrogen-bond donors (Lipinski definition) is 1. The molecule has 3 rings (SSSR count). The Morgan fingerprint density at radius 1 is 1.13 bits per heavy atom. The van der Waals surface area contributed by atoms with Gasteiger partial charge in [-0.3, -0.25) is 14.6 Å². The number of rotatable bonds is 9. The van der Waals surface area contributed by atoms with E-state index >= 15 is 0 Å². The zero-order valence-corrected chi connectivity index (χ0v) is 18.2. The highest BCUT2D eigenvalue weighted by atomic mass is 19.1. The molecule has 4 nitrogen and oxygen atoms in total. The van der Waals surface area contributed by atoms with Crippen LogP contribution in [-0.2, 0) is 24.4 Å². The third kappa shape index (κ3) is 6.38. The Balaban J connectivity index is 1.55. The fraction of sp³-hybridized carbons (Fsp3) is 0.480. The van der Waals surface area contributed by atoms with E-state index < -0.39 is 0 Å². The van der Waals surface area contributed by atoms with E-state index in [-0.39, 0.29) is 17.6 Å². The van der Waals surface area contributed by atoms with Gasteiger partial charge in [0.2, 0.25) is 5.91 Å². The SMILES string of the molecule is CCN(CC)Cc1ccccc1CNC(=O)C1CCCN(Cc2cccc(F)c2)C1. The first-order valence-corrected chi connectivity index (χ1v) is 11.1. The van der Waals surface area contributed by atoms with Crippen LogP contribution < -0.4 is 5.32 Å². The van der Waals surface area contributed by atoms with Crippen molar-refractivity contribution in [2.75, 3.05) is 26.2 Å². The third-order valence-corrected chi connectivity index (χ3v) is 6.03. The minimum absolute atomic E-state index is 0.0118. The van der Waals surface area contributed by atoms with E-state index in [0.717, 1.165) is 51.1 Å². The molecule has 162 valence electrons. The van der Waals surface area contributed by atoms with Crippen LogP contribution in [0.5, 0.6) is 0 Å². The molecule has 0 aliphatic carbocycles. The van der Waals surface area contributed by atoms with E-state index in [4.69, 9.17) is 0 Å². The first-order valence-electron chi connectivity index (χ1n) is 11.1. The predicted molar refractivity (Wildman–Crippen MR) is 119 cm³/mol. The molecule has 5 heteroatoms. The molecule has 0 saturated carbocycles. The first kappa shape index (κ1) is 22.4. The fourth-order valence-electron chi connectivity index (χ4n) is 4.21. The summed E-state index contributed by atoms with van der Waals surface area (Å²) in [4.78, 5) is 17.5. The highest BCUT2D eigenvalue weighted by Gasteiger charge is 2.25. The van der Waals surface area contributed by atoms with Crippen molar-refractivity contribution in [2.24, 2.45) is 5.92 Å². The van der Waals surface area contributed by atoms with Crippen LogP contribution in [0.15, 0.2) is 48.5 Å². The molecule has 2 aromatic carbocycles. The van der Waals surface area contributed by atoms with Crippen molar-refractivity contribution in [1.29, 1.82) is 0 Å². The number of nitrogens with zero attached hydrogens (tertiary/aromatic N) is 2. The van der Waals surface area contributed by atoms with Crippen LogP contribution in [0, 0.1) is 11.7 Å². The van der Waals surface area contributed by atoms with Crippen LogP contribution in [0.2, 0.25) is 0 Å². The maximum atomic E-state index is 13.5. The summed E-state index contributed by atoms with van der Waals surface area (Å²) in [6, 6.07) is 15.1. The maximum absolute atomic E-state index is 13.5. The molecular formula is C25H34FN3O. The fourth-order valence-corrected chi connectivity index (χ4v) is 4.21. The van der Waals surface area contributed by atoms with Gasteiger partial charge in [-0.15, -0.1) is 0 Å². The van der Waals surface area contributed by atoms with E-state index in [0.29, 0.717) is 13.1 Å². The average Bonchev–Trinajstić information content (AvgIpc) is 2.76. The van der Waals surface area contributed by atoms with Gasteiger partial charge in [0.15, 0.2) is 0 Å². The highest BCUT2D eigenvalue weighted by molar-refractivity contribution is 5.79. The second-order valence-electron chi connectivity index (χ2n) is 8.15. The summed E-state index contributed by atoms with van der Waals surface area (Å²) in [5.41, 5.74) is 3.42. The number of amides is 1. The zero-order valence-electron chi connectivity index (χ0n) is 18.2. The molecule has 30 heavy (non-hydrogen) atoms. The first-order chi connectivity index (χ1) is 14.6. The third-order valence-electron chi connectivity index (χ3n) is 6.03. The van der Waals surface area contributed by atoms with Crippen LogP contribution in [-0.4, -0.2) is 41.9 Å². The van der Waals surface area contributed by atoms with E-state index in [1.807, 2.05) is 12.1 Å². The van der Waals surface area contributed by atoms with Gasteiger partial charge < -0.3 is 5.32 Å². The molecule has 1 atom stereocenters.